The van der Waals surface area contributed by atoms with Crippen molar-refractivity contribution in [1.82, 2.24) is 9.78 Å². The van der Waals surface area contributed by atoms with E-state index in [1.807, 2.05) is 0 Å². The zero-order chi connectivity index (χ0) is 15.9. The lowest BCUT2D eigenvalue weighted by atomic mass is 10.3. The zero-order valence-corrected chi connectivity index (χ0v) is 15.3. The van der Waals surface area contributed by atoms with Crippen LogP contribution >= 0.6 is 39.1 Å². The summed E-state index contributed by atoms with van der Waals surface area (Å²) in [6.07, 6.45) is 0. The minimum atomic E-state index is -3.84. The Kier molecular flexibility index (Phi) is 4.58. The highest BCUT2D eigenvalue weighted by atomic mass is 79.9. The second-order valence-electron chi connectivity index (χ2n) is 4.47. The van der Waals surface area contributed by atoms with Gasteiger partial charge in [0.1, 0.15) is 4.90 Å². The van der Waals surface area contributed by atoms with E-state index in [2.05, 4.69) is 25.8 Å². The van der Waals surface area contributed by atoms with Crippen molar-refractivity contribution in [2.75, 3.05) is 4.72 Å². The quantitative estimate of drug-likeness (QED) is 0.777. The zero-order valence-electron chi connectivity index (χ0n) is 11.4. The molecule has 0 aliphatic rings. The molecular weight excluding hydrogens is 401 g/mol. The van der Waals surface area contributed by atoms with Gasteiger partial charge in [0.15, 0.2) is 0 Å². The fourth-order valence-electron chi connectivity index (χ4n) is 1.82. The lowest BCUT2D eigenvalue weighted by molar-refractivity contribution is 0.601. The molecule has 2 rings (SSSR count). The predicted octanol–water partition coefficient (Wildman–Crippen LogP) is 3.91. The first-order chi connectivity index (χ1) is 9.63. The average Bonchev–Trinajstić information content (AvgIpc) is 2.60. The minimum absolute atomic E-state index is 0.0508. The Morgan fingerprint density at radius 2 is 1.86 bits per heavy atom. The van der Waals surface area contributed by atoms with Crippen molar-refractivity contribution in [3.05, 3.63) is 38.0 Å². The molecule has 1 aromatic carbocycles. The van der Waals surface area contributed by atoms with Crippen LogP contribution in [0.5, 0.6) is 0 Å². The maximum absolute atomic E-state index is 12.5. The molecule has 1 aromatic heterocycles. The van der Waals surface area contributed by atoms with Crippen molar-refractivity contribution in [3.8, 4) is 0 Å². The van der Waals surface area contributed by atoms with Crippen LogP contribution in [0.3, 0.4) is 0 Å². The van der Waals surface area contributed by atoms with E-state index in [1.54, 1.807) is 25.6 Å². The Morgan fingerprint density at radius 1 is 1.24 bits per heavy atom. The Labute approximate surface area is 141 Å². The van der Waals surface area contributed by atoms with Gasteiger partial charge in [-0.05, 0) is 41.9 Å². The third kappa shape index (κ3) is 3.21. The molecule has 0 aliphatic heterocycles. The highest BCUT2D eigenvalue weighted by molar-refractivity contribution is 9.10. The molecule has 0 radical (unpaired) electrons. The summed E-state index contributed by atoms with van der Waals surface area (Å²) >= 11 is 15.1. The molecule has 9 heteroatoms. The van der Waals surface area contributed by atoms with E-state index in [0.29, 0.717) is 26.6 Å². The number of halogens is 3. The Balaban J connectivity index is 2.51. The molecule has 1 N–H and O–H groups in total. The normalized spacial score (nSPS) is 11.7. The summed E-state index contributed by atoms with van der Waals surface area (Å²) in [6, 6.07) is 2.75. The van der Waals surface area contributed by atoms with Gasteiger partial charge in [-0.25, -0.2) is 8.42 Å². The molecule has 21 heavy (non-hydrogen) atoms. The molecule has 114 valence electrons. The molecule has 0 atom stereocenters. The number of sulfonamides is 1. The summed E-state index contributed by atoms with van der Waals surface area (Å²) in [4.78, 5) is -0.0527. The van der Waals surface area contributed by atoms with Crippen LogP contribution < -0.4 is 4.72 Å². The second-order valence-corrected chi connectivity index (χ2v) is 7.79. The van der Waals surface area contributed by atoms with Crippen LogP contribution in [0.15, 0.2) is 21.5 Å². The molecule has 2 aromatic rings. The number of aromatic nitrogens is 2. The van der Waals surface area contributed by atoms with Crippen LogP contribution in [-0.4, -0.2) is 18.2 Å². The van der Waals surface area contributed by atoms with Gasteiger partial charge in [-0.3, -0.25) is 9.40 Å². The third-order valence-corrected chi connectivity index (χ3v) is 6.02. The highest BCUT2D eigenvalue weighted by Gasteiger charge is 2.23. The van der Waals surface area contributed by atoms with E-state index in [4.69, 9.17) is 23.2 Å². The molecule has 0 unspecified atom stereocenters. The van der Waals surface area contributed by atoms with Gasteiger partial charge in [-0.15, -0.1) is 0 Å². The van der Waals surface area contributed by atoms with Crippen LogP contribution in [-0.2, 0) is 17.1 Å². The van der Waals surface area contributed by atoms with E-state index in [-0.39, 0.29) is 9.92 Å². The number of hydrogen-bond acceptors (Lipinski definition) is 3. The predicted molar refractivity (Wildman–Crippen MR) is 87.7 cm³/mol. The van der Waals surface area contributed by atoms with Gasteiger partial charge in [0.05, 0.1) is 27.1 Å². The lowest BCUT2D eigenvalue weighted by Gasteiger charge is -2.11. The third-order valence-electron chi connectivity index (χ3n) is 3.01. The van der Waals surface area contributed by atoms with Gasteiger partial charge < -0.3 is 0 Å². The number of nitrogens with zero attached hydrogens (tertiary/aromatic N) is 2. The topological polar surface area (TPSA) is 64.0 Å². The molecule has 5 nitrogen and oxygen atoms in total. The summed E-state index contributed by atoms with van der Waals surface area (Å²) < 4.78 is 29.6. The maximum Gasteiger partial charge on any atom is 0.263 e. The summed E-state index contributed by atoms with van der Waals surface area (Å²) in [5.41, 5.74) is 1.74. The number of rotatable bonds is 3. The first-order valence-corrected chi connectivity index (χ1v) is 8.84. The molecule has 0 bridgehead atoms. The number of nitrogens with one attached hydrogen (secondary N) is 1. The van der Waals surface area contributed by atoms with Crippen LogP contribution in [0, 0.1) is 13.8 Å². The largest absolute Gasteiger partial charge is 0.276 e. The summed E-state index contributed by atoms with van der Waals surface area (Å²) in [6.45, 7) is 3.50. The van der Waals surface area contributed by atoms with Gasteiger partial charge >= 0.3 is 0 Å². The Bertz CT molecular complexity index is 818. The number of hydrogen-bond donors (Lipinski definition) is 1. The minimum Gasteiger partial charge on any atom is -0.276 e. The summed E-state index contributed by atoms with van der Waals surface area (Å²) in [7, 11) is -2.10. The van der Waals surface area contributed by atoms with Crippen molar-refractivity contribution < 1.29 is 8.42 Å². The van der Waals surface area contributed by atoms with Crippen LogP contribution in [0.2, 0.25) is 10.0 Å². The van der Waals surface area contributed by atoms with Crippen LogP contribution in [0.25, 0.3) is 0 Å². The molecule has 1 heterocycles. The maximum atomic E-state index is 12.5. The van der Waals surface area contributed by atoms with Crippen molar-refractivity contribution >= 4 is 54.8 Å². The van der Waals surface area contributed by atoms with E-state index < -0.39 is 10.0 Å². The summed E-state index contributed by atoms with van der Waals surface area (Å²) in [5.74, 6) is 0. The second kappa shape index (κ2) is 5.79. The van der Waals surface area contributed by atoms with Crippen molar-refractivity contribution in [2.45, 2.75) is 18.7 Å². The molecule has 0 amide bonds. The van der Waals surface area contributed by atoms with Crippen molar-refractivity contribution in [1.29, 1.82) is 0 Å². The van der Waals surface area contributed by atoms with Gasteiger partial charge in [-0.1, -0.05) is 23.2 Å². The van der Waals surface area contributed by atoms with Crippen LogP contribution in [0.1, 0.15) is 11.4 Å². The number of aryl methyl sites for hydroxylation is 2. The summed E-state index contributed by atoms with van der Waals surface area (Å²) in [5, 5.41) is 4.56. The molecular formula is C12H12BrCl2N3O2S. The molecule has 0 spiro atoms. The van der Waals surface area contributed by atoms with E-state index in [9.17, 15) is 8.42 Å². The smallest absolute Gasteiger partial charge is 0.263 e. The van der Waals surface area contributed by atoms with E-state index in [1.165, 1.54) is 12.1 Å². The fourth-order valence-corrected chi connectivity index (χ4v) is 4.27. The first kappa shape index (κ1) is 16.6. The standard InChI is InChI=1S/C12H12BrCl2N3O2S/c1-6-12(7(2)18(3)16-6)17-21(19,20)11-4-8(13)9(14)5-10(11)15/h4-5,17H,1-3H3. The first-order valence-electron chi connectivity index (χ1n) is 5.81. The molecule has 0 aliphatic carbocycles. The van der Waals surface area contributed by atoms with Gasteiger partial charge in [-0.2, -0.15) is 5.10 Å². The fraction of sp³-hybridized carbons (Fsp3) is 0.250. The number of anilines is 1. The molecule has 0 fully saturated rings. The van der Waals surface area contributed by atoms with E-state index >= 15 is 0 Å². The van der Waals surface area contributed by atoms with Crippen molar-refractivity contribution in [3.63, 3.8) is 0 Å². The van der Waals surface area contributed by atoms with Gasteiger partial charge in [0.25, 0.3) is 10.0 Å². The van der Waals surface area contributed by atoms with Gasteiger partial charge in [0.2, 0.25) is 0 Å². The number of benzene rings is 1. The SMILES string of the molecule is Cc1nn(C)c(C)c1NS(=O)(=O)c1cc(Br)c(Cl)cc1Cl. The Morgan fingerprint density at radius 3 is 2.38 bits per heavy atom. The average molecular weight is 413 g/mol. The lowest BCUT2D eigenvalue weighted by Crippen LogP contribution is -2.14. The van der Waals surface area contributed by atoms with E-state index in [0.717, 1.165) is 0 Å². The molecule has 0 saturated carbocycles. The van der Waals surface area contributed by atoms with Gasteiger partial charge in [0, 0.05) is 11.5 Å². The molecule has 0 saturated heterocycles. The van der Waals surface area contributed by atoms with Crippen molar-refractivity contribution in [2.24, 2.45) is 7.05 Å². The van der Waals surface area contributed by atoms with Crippen LogP contribution in [0.4, 0.5) is 5.69 Å². The Hall–Kier alpha value is -0.760. The monoisotopic (exact) mass is 411 g/mol. The highest BCUT2D eigenvalue weighted by Crippen LogP contribution is 2.33.